The fourth-order valence-electron chi connectivity index (χ4n) is 1.50. The van der Waals surface area contributed by atoms with Crippen LogP contribution in [0, 0.1) is 0 Å². The highest BCUT2D eigenvalue weighted by molar-refractivity contribution is 9.10. The van der Waals surface area contributed by atoms with E-state index in [2.05, 4.69) is 38.3 Å². The molecule has 2 heterocycles. The van der Waals surface area contributed by atoms with Gasteiger partial charge >= 0.3 is 0 Å². The minimum atomic E-state index is 0.503. The first-order chi connectivity index (χ1) is 7.24. The third-order valence-corrected chi connectivity index (χ3v) is 2.75. The Kier molecular flexibility index (Phi) is 2.88. The van der Waals surface area contributed by atoms with Crippen LogP contribution in [0.1, 0.15) is 12.5 Å². The Morgan fingerprint density at radius 3 is 3.13 bits per heavy atom. The largest absolute Gasteiger partial charge is 0.382 e. The monoisotopic (exact) mass is 269 g/mol. The van der Waals surface area contributed by atoms with Crippen LogP contribution in [0.25, 0.3) is 5.52 Å². The molecule has 0 amide bonds. The lowest BCUT2D eigenvalue weighted by Gasteiger charge is -2.02. The molecule has 2 aromatic rings. The summed E-state index contributed by atoms with van der Waals surface area (Å²) in [5.41, 5.74) is 7.79. The van der Waals surface area contributed by atoms with Gasteiger partial charge in [0.05, 0.1) is 0 Å². The lowest BCUT2D eigenvalue weighted by atomic mass is 10.3. The molecule has 0 fully saturated rings. The minimum absolute atomic E-state index is 0.503. The standard InChI is InChI=1S/C9H12BrN5/c1-2-12-4-6-3-7(10)15-8(6)9(11)13-5-14-15/h3,5,12H,2,4H2,1H3,(H2,11,13,14). The Morgan fingerprint density at radius 1 is 1.60 bits per heavy atom. The maximum atomic E-state index is 5.82. The number of aromatic nitrogens is 3. The smallest absolute Gasteiger partial charge is 0.151 e. The SMILES string of the molecule is CCNCc1cc(Br)n2ncnc(N)c12. The number of anilines is 1. The third kappa shape index (κ3) is 1.82. The lowest BCUT2D eigenvalue weighted by molar-refractivity contribution is 0.730. The van der Waals surface area contributed by atoms with Crippen molar-refractivity contribution in [2.45, 2.75) is 13.5 Å². The normalized spacial score (nSPS) is 11.1. The molecule has 0 aromatic carbocycles. The summed E-state index contributed by atoms with van der Waals surface area (Å²) in [4.78, 5) is 3.99. The van der Waals surface area contributed by atoms with Crippen LogP contribution in [0.5, 0.6) is 0 Å². The van der Waals surface area contributed by atoms with Gasteiger partial charge in [-0.2, -0.15) is 5.10 Å². The molecule has 0 aliphatic carbocycles. The Hall–Kier alpha value is -1.14. The van der Waals surface area contributed by atoms with Crippen LogP contribution in [-0.4, -0.2) is 21.1 Å². The topological polar surface area (TPSA) is 68.2 Å². The van der Waals surface area contributed by atoms with E-state index in [0.717, 1.165) is 28.8 Å². The molecular formula is C9H12BrN5. The molecule has 2 rings (SSSR count). The van der Waals surface area contributed by atoms with Gasteiger partial charge in [0, 0.05) is 6.54 Å². The summed E-state index contributed by atoms with van der Waals surface area (Å²) in [5.74, 6) is 0.503. The molecule has 0 aliphatic heterocycles. The van der Waals surface area contributed by atoms with Crippen molar-refractivity contribution < 1.29 is 0 Å². The second-order valence-electron chi connectivity index (χ2n) is 3.18. The number of nitrogens with two attached hydrogens (primary N) is 1. The molecule has 15 heavy (non-hydrogen) atoms. The van der Waals surface area contributed by atoms with Crippen LogP contribution in [0.3, 0.4) is 0 Å². The highest BCUT2D eigenvalue weighted by atomic mass is 79.9. The second kappa shape index (κ2) is 4.16. The molecular weight excluding hydrogens is 258 g/mol. The van der Waals surface area contributed by atoms with Crippen molar-refractivity contribution in [2.75, 3.05) is 12.3 Å². The summed E-state index contributed by atoms with van der Waals surface area (Å²) in [5, 5.41) is 7.37. The first-order valence-electron chi connectivity index (χ1n) is 4.71. The van der Waals surface area contributed by atoms with Crippen LogP contribution in [0.4, 0.5) is 5.82 Å². The van der Waals surface area contributed by atoms with Crippen molar-refractivity contribution in [3.05, 3.63) is 22.6 Å². The molecule has 3 N–H and O–H groups in total. The molecule has 0 saturated heterocycles. The lowest BCUT2D eigenvalue weighted by Crippen LogP contribution is -2.12. The van der Waals surface area contributed by atoms with Gasteiger partial charge in [0.15, 0.2) is 5.82 Å². The predicted molar refractivity (Wildman–Crippen MR) is 62.5 cm³/mol. The van der Waals surface area contributed by atoms with Gasteiger partial charge in [0.25, 0.3) is 0 Å². The van der Waals surface area contributed by atoms with Crippen LogP contribution in [0.2, 0.25) is 0 Å². The van der Waals surface area contributed by atoms with E-state index < -0.39 is 0 Å². The summed E-state index contributed by atoms with van der Waals surface area (Å²) >= 11 is 3.43. The number of rotatable bonds is 3. The average Bonchev–Trinajstić information content (AvgIpc) is 2.55. The predicted octanol–water partition coefficient (Wildman–Crippen LogP) is 1.18. The fourth-order valence-corrected chi connectivity index (χ4v) is 2.04. The van der Waals surface area contributed by atoms with Gasteiger partial charge in [-0.3, -0.25) is 0 Å². The van der Waals surface area contributed by atoms with Gasteiger partial charge < -0.3 is 11.1 Å². The number of nitrogen functional groups attached to an aromatic ring is 1. The van der Waals surface area contributed by atoms with E-state index in [4.69, 9.17) is 5.73 Å². The molecule has 0 atom stereocenters. The van der Waals surface area contributed by atoms with Gasteiger partial charge in [0.2, 0.25) is 0 Å². The maximum absolute atomic E-state index is 5.82. The molecule has 0 aliphatic rings. The van der Waals surface area contributed by atoms with Crippen molar-refractivity contribution in [1.82, 2.24) is 19.9 Å². The van der Waals surface area contributed by atoms with E-state index in [9.17, 15) is 0 Å². The minimum Gasteiger partial charge on any atom is -0.382 e. The van der Waals surface area contributed by atoms with Crippen LogP contribution in [-0.2, 0) is 6.54 Å². The Bertz CT molecular complexity index is 479. The maximum Gasteiger partial charge on any atom is 0.151 e. The summed E-state index contributed by atoms with van der Waals surface area (Å²) < 4.78 is 2.63. The number of nitrogens with zero attached hydrogens (tertiary/aromatic N) is 3. The molecule has 0 unspecified atom stereocenters. The van der Waals surface area contributed by atoms with Gasteiger partial charge in [-0.05, 0) is 34.1 Å². The van der Waals surface area contributed by atoms with Crippen molar-refractivity contribution in [2.24, 2.45) is 0 Å². The Labute approximate surface area is 95.8 Å². The zero-order valence-electron chi connectivity index (χ0n) is 8.37. The first kappa shape index (κ1) is 10.4. The number of nitrogens with one attached hydrogen (secondary N) is 1. The van der Waals surface area contributed by atoms with Crippen LogP contribution >= 0.6 is 15.9 Å². The molecule has 0 bridgehead atoms. The highest BCUT2D eigenvalue weighted by Gasteiger charge is 2.10. The fraction of sp³-hybridized carbons (Fsp3) is 0.333. The van der Waals surface area contributed by atoms with E-state index in [0.29, 0.717) is 5.82 Å². The van der Waals surface area contributed by atoms with E-state index in [-0.39, 0.29) is 0 Å². The summed E-state index contributed by atoms with van der Waals surface area (Å²) in [6.07, 6.45) is 1.45. The van der Waals surface area contributed by atoms with Crippen molar-refractivity contribution >= 4 is 27.3 Å². The molecule has 2 aromatic heterocycles. The van der Waals surface area contributed by atoms with Gasteiger partial charge in [-0.1, -0.05) is 6.92 Å². The number of hydrogen-bond donors (Lipinski definition) is 2. The van der Waals surface area contributed by atoms with E-state index in [1.807, 2.05) is 6.07 Å². The van der Waals surface area contributed by atoms with E-state index in [1.54, 1.807) is 4.52 Å². The molecule has 5 nitrogen and oxygen atoms in total. The van der Waals surface area contributed by atoms with Crippen molar-refractivity contribution in [1.29, 1.82) is 0 Å². The van der Waals surface area contributed by atoms with E-state index >= 15 is 0 Å². The van der Waals surface area contributed by atoms with Crippen molar-refractivity contribution in [3.63, 3.8) is 0 Å². The summed E-state index contributed by atoms with van der Waals surface area (Å²) in [7, 11) is 0. The highest BCUT2D eigenvalue weighted by Crippen LogP contribution is 2.23. The molecule has 6 heteroatoms. The summed E-state index contributed by atoms with van der Waals surface area (Å²) in [6.45, 7) is 3.75. The quantitative estimate of drug-likeness (QED) is 0.878. The van der Waals surface area contributed by atoms with Gasteiger partial charge in [-0.25, -0.2) is 9.50 Å². The van der Waals surface area contributed by atoms with Gasteiger partial charge in [-0.15, -0.1) is 0 Å². The first-order valence-corrected chi connectivity index (χ1v) is 5.50. The number of fused-ring (bicyclic) bond motifs is 1. The zero-order valence-corrected chi connectivity index (χ0v) is 9.95. The Balaban J connectivity index is 2.54. The average molecular weight is 270 g/mol. The van der Waals surface area contributed by atoms with E-state index in [1.165, 1.54) is 6.33 Å². The second-order valence-corrected chi connectivity index (χ2v) is 3.99. The molecule has 0 spiro atoms. The Morgan fingerprint density at radius 2 is 2.40 bits per heavy atom. The summed E-state index contributed by atoms with van der Waals surface area (Å²) in [6, 6.07) is 2.00. The van der Waals surface area contributed by atoms with Crippen molar-refractivity contribution in [3.8, 4) is 0 Å². The zero-order chi connectivity index (χ0) is 10.8. The number of hydrogen-bond acceptors (Lipinski definition) is 4. The van der Waals surface area contributed by atoms with Crippen LogP contribution < -0.4 is 11.1 Å². The molecule has 80 valence electrons. The molecule has 0 radical (unpaired) electrons. The number of halogens is 1. The van der Waals surface area contributed by atoms with Gasteiger partial charge in [0.1, 0.15) is 16.4 Å². The van der Waals surface area contributed by atoms with Crippen LogP contribution in [0.15, 0.2) is 17.0 Å². The molecule has 0 saturated carbocycles. The third-order valence-electron chi connectivity index (χ3n) is 2.18.